The number of carbonyl (C=O) groups excluding carboxylic acids is 2. The largest absolute Gasteiger partial charge is 0.478 e. The second kappa shape index (κ2) is 9.63. The highest BCUT2D eigenvalue weighted by Gasteiger charge is 2.28. The van der Waals surface area contributed by atoms with Crippen LogP contribution in [0.3, 0.4) is 0 Å². The van der Waals surface area contributed by atoms with E-state index in [1.165, 1.54) is 6.07 Å². The minimum atomic E-state index is -1.08. The zero-order valence-corrected chi connectivity index (χ0v) is 17.3. The lowest BCUT2D eigenvalue weighted by molar-refractivity contribution is -0.148. The molecule has 0 saturated carbocycles. The van der Waals surface area contributed by atoms with Crippen LogP contribution in [0.25, 0.3) is 0 Å². The minimum Gasteiger partial charge on any atom is -0.478 e. The number of hydrogen-bond donors (Lipinski definition) is 2. The molecule has 0 aliphatic carbocycles. The number of carboxylic acids is 1. The smallest absolute Gasteiger partial charge is 0.337 e. The maximum Gasteiger partial charge on any atom is 0.337 e. The van der Waals surface area contributed by atoms with Crippen LogP contribution in [0.1, 0.15) is 40.5 Å². The predicted octanol–water partition coefficient (Wildman–Crippen LogP) is 4.07. The molecule has 8 heteroatoms. The number of carboxylic acid groups (broad SMARTS) is 1. The van der Waals surface area contributed by atoms with E-state index >= 15 is 0 Å². The normalized spacial score (nSPS) is 14.3. The third kappa shape index (κ3) is 5.10. The number of anilines is 2. The Labute approximate surface area is 179 Å². The summed E-state index contributed by atoms with van der Waals surface area (Å²) in [4.78, 5) is 38.1. The summed E-state index contributed by atoms with van der Waals surface area (Å²) in [7, 11) is 0. The highest BCUT2D eigenvalue weighted by atomic mass is 35.5. The molecule has 0 aromatic heterocycles. The van der Waals surface area contributed by atoms with Gasteiger partial charge in [-0.15, -0.1) is 0 Å². The van der Waals surface area contributed by atoms with Gasteiger partial charge in [-0.25, -0.2) is 4.79 Å². The number of esters is 1. The molecule has 158 valence electrons. The number of amides is 1. The summed E-state index contributed by atoms with van der Waals surface area (Å²) in [6.07, 6.45) is 1.21. The summed E-state index contributed by atoms with van der Waals surface area (Å²) in [6.45, 7) is 3.24. The van der Waals surface area contributed by atoms with E-state index in [1.54, 1.807) is 43.3 Å². The molecule has 1 saturated heterocycles. The van der Waals surface area contributed by atoms with E-state index in [4.69, 9.17) is 16.3 Å². The van der Waals surface area contributed by atoms with E-state index in [2.05, 4.69) is 5.32 Å². The number of ether oxygens (including phenoxy) is 1. The fourth-order valence-corrected chi connectivity index (χ4v) is 3.61. The Hall–Kier alpha value is -3.06. The van der Waals surface area contributed by atoms with Gasteiger partial charge in [-0.3, -0.25) is 9.59 Å². The predicted molar refractivity (Wildman–Crippen MR) is 114 cm³/mol. The van der Waals surface area contributed by atoms with Crippen LogP contribution in [-0.4, -0.2) is 42.6 Å². The molecule has 0 spiro atoms. The number of rotatable bonds is 6. The number of nitrogens with zero attached hydrogens (tertiary/aromatic N) is 1. The van der Waals surface area contributed by atoms with Gasteiger partial charge in [-0.1, -0.05) is 11.6 Å². The third-order valence-corrected chi connectivity index (χ3v) is 5.30. The van der Waals surface area contributed by atoms with Gasteiger partial charge in [-0.2, -0.15) is 0 Å². The van der Waals surface area contributed by atoms with Crippen LogP contribution < -0.4 is 10.2 Å². The number of hydrogen-bond acceptors (Lipinski definition) is 5. The van der Waals surface area contributed by atoms with Crippen LogP contribution in [0.4, 0.5) is 11.4 Å². The molecule has 0 radical (unpaired) electrons. The molecule has 2 N–H and O–H groups in total. The summed E-state index contributed by atoms with van der Waals surface area (Å²) in [5, 5.41) is 12.9. The molecular formula is C22H23ClN2O5. The summed E-state index contributed by atoms with van der Waals surface area (Å²) in [6, 6.07) is 11.2. The van der Waals surface area contributed by atoms with Crippen LogP contribution in [0.5, 0.6) is 0 Å². The number of nitrogens with one attached hydrogen (secondary N) is 1. The van der Waals surface area contributed by atoms with E-state index in [1.807, 2.05) is 4.90 Å². The molecule has 1 amide bonds. The Morgan fingerprint density at radius 1 is 1.13 bits per heavy atom. The molecule has 0 unspecified atom stereocenters. The van der Waals surface area contributed by atoms with Gasteiger partial charge in [0.2, 0.25) is 0 Å². The number of carbonyl (C=O) groups is 3. The second-order valence-electron chi connectivity index (χ2n) is 7.01. The summed E-state index contributed by atoms with van der Waals surface area (Å²) < 4.78 is 5.08. The van der Waals surface area contributed by atoms with Crippen molar-refractivity contribution >= 4 is 40.8 Å². The molecule has 7 nitrogen and oxygen atoms in total. The fraction of sp³-hybridized carbons (Fsp3) is 0.318. The fourth-order valence-electron chi connectivity index (χ4n) is 3.48. The average Bonchev–Trinajstić information content (AvgIpc) is 2.74. The first-order valence-corrected chi connectivity index (χ1v) is 10.1. The van der Waals surface area contributed by atoms with Gasteiger partial charge in [0.1, 0.15) is 0 Å². The van der Waals surface area contributed by atoms with Crippen molar-refractivity contribution in [3.8, 4) is 0 Å². The van der Waals surface area contributed by atoms with Gasteiger partial charge >= 0.3 is 11.9 Å². The Kier molecular flexibility index (Phi) is 6.95. The zero-order chi connectivity index (χ0) is 21.7. The Balaban J connectivity index is 1.73. The standard InChI is InChI=1S/C22H23ClN2O5/c1-2-30-22(29)15-9-11-25(12-10-15)19-8-7-17(13-18(19)21(27)28)24-20(26)14-3-5-16(23)6-4-14/h3-8,13,15H,2,9-12H2,1H3,(H,24,26)(H,27,28). The Morgan fingerprint density at radius 3 is 2.40 bits per heavy atom. The lowest BCUT2D eigenvalue weighted by Gasteiger charge is -2.33. The third-order valence-electron chi connectivity index (χ3n) is 5.05. The van der Waals surface area contributed by atoms with Crippen LogP contribution in [0.2, 0.25) is 5.02 Å². The number of aromatic carboxylic acids is 1. The van der Waals surface area contributed by atoms with Gasteiger partial charge in [0.05, 0.1) is 23.8 Å². The van der Waals surface area contributed by atoms with Crippen molar-refractivity contribution in [3.05, 3.63) is 58.6 Å². The molecule has 0 bridgehead atoms. The van der Waals surface area contributed by atoms with Crippen molar-refractivity contribution in [2.45, 2.75) is 19.8 Å². The monoisotopic (exact) mass is 430 g/mol. The highest BCUT2D eigenvalue weighted by Crippen LogP contribution is 2.29. The van der Waals surface area contributed by atoms with E-state index in [9.17, 15) is 19.5 Å². The lowest BCUT2D eigenvalue weighted by Crippen LogP contribution is -2.37. The molecule has 0 atom stereocenters. The molecule has 30 heavy (non-hydrogen) atoms. The van der Waals surface area contributed by atoms with Crippen molar-refractivity contribution in [3.63, 3.8) is 0 Å². The van der Waals surface area contributed by atoms with Crippen molar-refractivity contribution in [2.24, 2.45) is 5.92 Å². The van der Waals surface area contributed by atoms with Crippen molar-refractivity contribution < 1.29 is 24.2 Å². The van der Waals surface area contributed by atoms with E-state index in [0.29, 0.717) is 54.5 Å². The summed E-state index contributed by atoms with van der Waals surface area (Å²) in [5.41, 5.74) is 1.46. The van der Waals surface area contributed by atoms with Gasteiger partial charge in [0, 0.05) is 29.4 Å². The topological polar surface area (TPSA) is 95.9 Å². The number of halogens is 1. The molecule has 3 rings (SSSR count). The first-order chi connectivity index (χ1) is 14.4. The van der Waals surface area contributed by atoms with Crippen LogP contribution in [0.15, 0.2) is 42.5 Å². The molecule has 2 aromatic carbocycles. The first kappa shape index (κ1) is 21.6. The van der Waals surface area contributed by atoms with Crippen LogP contribution in [0, 0.1) is 5.92 Å². The van der Waals surface area contributed by atoms with Gasteiger partial charge in [0.15, 0.2) is 0 Å². The van der Waals surface area contributed by atoms with E-state index < -0.39 is 5.97 Å². The minimum absolute atomic E-state index is 0.0958. The average molecular weight is 431 g/mol. The number of benzene rings is 2. The van der Waals surface area contributed by atoms with E-state index in [-0.39, 0.29) is 23.4 Å². The molecular weight excluding hydrogens is 408 g/mol. The molecule has 1 fully saturated rings. The molecule has 1 aliphatic rings. The van der Waals surface area contributed by atoms with Crippen LogP contribution in [-0.2, 0) is 9.53 Å². The maximum atomic E-state index is 12.4. The Bertz CT molecular complexity index is 937. The zero-order valence-electron chi connectivity index (χ0n) is 16.6. The molecule has 1 heterocycles. The second-order valence-corrected chi connectivity index (χ2v) is 7.45. The molecule has 1 aliphatic heterocycles. The quantitative estimate of drug-likeness (QED) is 0.670. The van der Waals surface area contributed by atoms with Crippen molar-refractivity contribution in [2.75, 3.05) is 29.9 Å². The SMILES string of the molecule is CCOC(=O)C1CCN(c2ccc(NC(=O)c3ccc(Cl)cc3)cc2C(=O)O)CC1. The summed E-state index contributed by atoms with van der Waals surface area (Å²) >= 11 is 5.84. The van der Waals surface area contributed by atoms with E-state index in [0.717, 1.165) is 0 Å². The van der Waals surface area contributed by atoms with Gasteiger partial charge < -0.3 is 20.1 Å². The molecule has 2 aromatic rings. The Morgan fingerprint density at radius 2 is 1.80 bits per heavy atom. The number of piperidine rings is 1. The summed E-state index contributed by atoms with van der Waals surface area (Å²) in [5.74, 6) is -1.80. The highest BCUT2D eigenvalue weighted by molar-refractivity contribution is 6.30. The van der Waals surface area contributed by atoms with Gasteiger partial charge in [-0.05, 0) is 62.2 Å². The maximum absolute atomic E-state index is 12.4. The van der Waals surface area contributed by atoms with Crippen molar-refractivity contribution in [1.82, 2.24) is 0 Å². The lowest BCUT2D eigenvalue weighted by atomic mass is 9.96. The van der Waals surface area contributed by atoms with Crippen LogP contribution >= 0.6 is 11.6 Å². The van der Waals surface area contributed by atoms with Crippen molar-refractivity contribution in [1.29, 1.82) is 0 Å². The first-order valence-electron chi connectivity index (χ1n) is 9.75. The van der Waals surface area contributed by atoms with Gasteiger partial charge in [0.25, 0.3) is 5.91 Å².